The van der Waals surface area contributed by atoms with E-state index in [0.29, 0.717) is 29.9 Å². The van der Waals surface area contributed by atoms with Crippen LogP contribution in [0.15, 0.2) is 110 Å². The van der Waals surface area contributed by atoms with Gasteiger partial charge in [-0.3, -0.25) is 4.79 Å². The smallest absolute Gasteiger partial charge is 0.345 e. The van der Waals surface area contributed by atoms with Gasteiger partial charge in [-0.1, -0.05) is 48.9 Å². The quantitative estimate of drug-likeness (QED) is 0.170. The average Bonchev–Trinajstić information content (AvgIpc) is 3.45. The average molecular weight is 582 g/mol. The molecule has 11 heteroatoms. The summed E-state index contributed by atoms with van der Waals surface area (Å²) in [5.74, 6) is -0.579. The first kappa shape index (κ1) is 27.3. The highest BCUT2D eigenvalue weighted by Crippen LogP contribution is 2.24. The minimum atomic E-state index is -3.70. The number of rotatable bonds is 7. The lowest BCUT2D eigenvalue weighted by atomic mass is 10.1. The highest BCUT2D eigenvalue weighted by atomic mass is 32.2. The van der Waals surface area contributed by atoms with Gasteiger partial charge in [0.25, 0.3) is 5.91 Å². The van der Waals surface area contributed by atoms with E-state index in [-0.39, 0.29) is 16.0 Å². The van der Waals surface area contributed by atoms with Gasteiger partial charge in [0.1, 0.15) is 11.3 Å². The Morgan fingerprint density at radius 2 is 1.69 bits per heavy atom. The summed E-state index contributed by atoms with van der Waals surface area (Å²) < 4.78 is 34.8. The lowest BCUT2D eigenvalue weighted by Crippen LogP contribution is -2.35. The van der Waals surface area contributed by atoms with E-state index in [1.54, 1.807) is 29.1 Å². The molecule has 3 aromatic carbocycles. The number of carbonyl (C=O) groups excluding carboxylic acids is 1. The Bertz CT molecular complexity index is 1960. The molecule has 0 atom stereocenters. The number of aromatic nitrogens is 2. The molecule has 1 aliphatic heterocycles. The van der Waals surface area contributed by atoms with Crippen LogP contribution >= 0.6 is 0 Å². The number of nitrogens with zero attached hydrogens (tertiary/aromatic N) is 4. The Balaban J connectivity index is 1.29. The summed E-state index contributed by atoms with van der Waals surface area (Å²) in [7, 11) is -3.70. The van der Waals surface area contributed by atoms with E-state index >= 15 is 0 Å². The summed E-state index contributed by atoms with van der Waals surface area (Å²) in [5, 5.41) is 9.49. The Labute approximate surface area is 242 Å². The number of amides is 1. The molecule has 0 aliphatic carbocycles. The molecule has 0 bridgehead atoms. The third-order valence-corrected chi connectivity index (χ3v) is 8.97. The lowest BCUT2D eigenvalue weighted by molar-refractivity contribution is 0.0955. The largest absolute Gasteiger partial charge is 0.422 e. The molecule has 2 aromatic heterocycles. The standard InChI is InChI=1S/C31H27N5O5S/c37-30(23-11-9-14-26(18-23)42(39,40)35-16-7-2-8-17-35)33-32-20-24-21-36(25-12-3-1-4-13-25)34-29(24)27-19-22-10-5-6-15-28(22)41-31(27)38/h1,3-6,9-15,18-21H,2,7-8,16-17H2,(H,33,37)/b32-20+. The van der Waals surface area contributed by atoms with Gasteiger partial charge in [0.15, 0.2) is 0 Å². The second kappa shape index (κ2) is 11.6. The third-order valence-electron chi connectivity index (χ3n) is 7.08. The summed E-state index contributed by atoms with van der Waals surface area (Å²) in [6, 6.07) is 24.2. The van der Waals surface area contributed by atoms with Gasteiger partial charge in [0.2, 0.25) is 10.0 Å². The second-order valence-electron chi connectivity index (χ2n) is 9.89. The summed E-state index contributed by atoms with van der Waals surface area (Å²) in [5.41, 5.74) is 4.31. The molecular weight excluding hydrogens is 554 g/mol. The van der Waals surface area contributed by atoms with E-state index in [2.05, 4.69) is 15.6 Å². The molecule has 3 heterocycles. The SMILES string of the molecule is O=C(N/N=C/c1cn(-c2ccccc2)nc1-c1cc2ccccc2oc1=O)c1cccc(S(=O)(=O)N2CCCCC2)c1. The number of hydrogen-bond donors (Lipinski definition) is 1. The van der Waals surface area contributed by atoms with Gasteiger partial charge in [-0.15, -0.1) is 0 Å². The van der Waals surface area contributed by atoms with Gasteiger partial charge in [-0.05, 0) is 55.3 Å². The maximum absolute atomic E-state index is 13.1. The van der Waals surface area contributed by atoms with E-state index in [4.69, 9.17) is 4.42 Å². The number of benzene rings is 3. The predicted octanol–water partition coefficient (Wildman–Crippen LogP) is 4.58. The normalized spacial score (nSPS) is 14.4. The summed E-state index contributed by atoms with van der Waals surface area (Å²) in [6.45, 7) is 0.940. The minimum Gasteiger partial charge on any atom is -0.422 e. The molecule has 0 unspecified atom stereocenters. The molecule has 6 rings (SSSR count). The topological polar surface area (TPSA) is 127 Å². The molecule has 1 N–H and O–H groups in total. The van der Waals surface area contributed by atoms with E-state index in [1.807, 2.05) is 42.5 Å². The van der Waals surface area contributed by atoms with Crippen LogP contribution in [0, 0.1) is 0 Å². The number of piperidine rings is 1. The highest BCUT2D eigenvalue weighted by molar-refractivity contribution is 7.89. The molecule has 42 heavy (non-hydrogen) atoms. The fourth-order valence-corrected chi connectivity index (χ4v) is 6.47. The van der Waals surface area contributed by atoms with Crippen LogP contribution in [0.1, 0.15) is 35.2 Å². The molecule has 0 spiro atoms. The molecule has 5 aromatic rings. The monoisotopic (exact) mass is 581 g/mol. The highest BCUT2D eigenvalue weighted by Gasteiger charge is 2.26. The molecule has 1 fully saturated rings. The first-order valence-electron chi connectivity index (χ1n) is 13.5. The Morgan fingerprint density at radius 1 is 0.929 bits per heavy atom. The van der Waals surface area contributed by atoms with Gasteiger partial charge in [-0.2, -0.15) is 14.5 Å². The van der Waals surface area contributed by atoms with Crippen LogP contribution in [0.25, 0.3) is 27.9 Å². The van der Waals surface area contributed by atoms with Crippen LogP contribution in [0.5, 0.6) is 0 Å². The van der Waals surface area contributed by atoms with Crippen molar-refractivity contribution in [3.63, 3.8) is 0 Å². The first-order chi connectivity index (χ1) is 20.4. The summed E-state index contributed by atoms with van der Waals surface area (Å²) in [4.78, 5) is 26.0. The number of fused-ring (bicyclic) bond motifs is 1. The number of carbonyl (C=O) groups is 1. The van der Waals surface area contributed by atoms with Crippen molar-refractivity contribution in [3.05, 3.63) is 113 Å². The lowest BCUT2D eigenvalue weighted by Gasteiger charge is -2.25. The second-order valence-corrected chi connectivity index (χ2v) is 11.8. The van der Waals surface area contributed by atoms with E-state index < -0.39 is 21.6 Å². The van der Waals surface area contributed by atoms with E-state index in [1.165, 1.54) is 34.8 Å². The zero-order valence-electron chi connectivity index (χ0n) is 22.5. The van der Waals surface area contributed by atoms with E-state index in [0.717, 1.165) is 30.3 Å². The van der Waals surface area contributed by atoms with Crippen molar-refractivity contribution in [2.24, 2.45) is 5.10 Å². The third kappa shape index (κ3) is 5.52. The maximum Gasteiger partial charge on any atom is 0.345 e. The minimum absolute atomic E-state index is 0.0653. The van der Waals surface area contributed by atoms with Gasteiger partial charge in [0, 0.05) is 35.8 Å². The van der Waals surface area contributed by atoms with Crippen molar-refractivity contribution in [1.29, 1.82) is 0 Å². The number of hydrogen-bond acceptors (Lipinski definition) is 7. The van der Waals surface area contributed by atoms with Crippen LogP contribution < -0.4 is 11.1 Å². The molecular formula is C31H27N5O5S. The fourth-order valence-electron chi connectivity index (χ4n) is 4.91. The maximum atomic E-state index is 13.1. The number of sulfonamides is 1. The van der Waals surface area contributed by atoms with Crippen LogP contribution in [0.3, 0.4) is 0 Å². The Hall–Kier alpha value is -4.87. The zero-order valence-corrected chi connectivity index (χ0v) is 23.3. The van der Waals surface area contributed by atoms with Crippen LogP contribution in [0.2, 0.25) is 0 Å². The summed E-state index contributed by atoms with van der Waals surface area (Å²) >= 11 is 0. The predicted molar refractivity (Wildman–Crippen MR) is 159 cm³/mol. The summed E-state index contributed by atoms with van der Waals surface area (Å²) in [6.07, 6.45) is 5.73. The fraction of sp³-hybridized carbons (Fsp3) is 0.161. The van der Waals surface area contributed by atoms with Crippen molar-refractivity contribution >= 4 is 33.1 Å². The molecule has 1 aliphatic rings. The van der Waals surface area contributed by atoms with Crippen molar-refractivity contribution in [3.8, 4) is 16.9 Å². The number of hydrazone groups is 1. The van der Waals surface area contributed by atoms with Crippen molar-refractivity contribution in [2.45, 2.75) is 24.2 Å². The van der Waals surface area contributed by atoms with Crippen molar-refractivity contribution in [2.75, 3.05) is 13.1 Å². The zero-order chi connectivity index (χ0) is 29.1. The van der Waals surface area contributed by atoms with Crippen LogP contribution in [-0.2, 0) is 10.0 Å². The molecule has 1 saturated heterocycles. The number of para-hydroxylation sites is 2. The van der Waals surface area contributed by atoms with E-state index in [9.17, 15) is 18.0 Å². The Kier molecular flexibility index (Phi) is 7.51. The Morgan fingerprint density at radius 3 is 2.50 bits per heavy atom. The van der Waals surface area contributed by atoms with Gasteiger partial charge >= 0.3 is 5.63 Å². The van der Waals surface area contributed by atoms with Gasteiger partial charge in [0.05, 0.1) is 22.4 Å². The van der Waals surface area contributed by atoms with Crippen LogP contribution in [0.4, 0.5) is 0 Å². The molecule has 0 saturated carbocycles. The molecule has 10 nitrogen and oxygen atoms in total. The van der Waals surface area contributed by atoms with Crippen molar-refractivity contribution < 1.29 is 17.6 Å². The van der Waals surface area contributed by atoms with Crippen LogP contribution in [-0.4, -0.2) is 47.7 Å². The van der Waals surface area contributed by atoms with Gasteiger partial charge < -0.3 is 4.42 Å². The van der Waals surface area contributed by atoms with Gasteiger partial charge in [-0.25, -0.2) is 23.3 Å². The molecule has 0 radical (unpaired) electrons. The first-order valence-corrected chi connectivity index (χ1v) is 15.0. The molecule has 212 valence electrons. The number of nitrogens with one attached hydrogen (secondary N) is 1. The molecule has 1 amide bonds. The van der Waals surface area contributed by atoms with Crippen molar-refractivity contribution in [1.82, 2.24) is 19.5 Å².